The molecule has 1 aliphatic carbocycles. The Hall–Kier alpha value is -0.0900. The summed E-state index contributed by atoms with van der Waals surface area (Å²) in [6.45, 7) is 11.2. The molecule has 3 atom stereocenters. The highest BCUT2D eigenvalue weighted by atomic mass is 127. The highest BCUT2D eigenvalue weighted by Gasteiger charge is 2.58. The van der Waals surface area contributed by atoms with Gasteiger partial charge in [0.1, 0.15) is 0 Å². The molecular weight excluding hydrogens is 453 g/mol. The molecule has 2 aliphatic rings. The van der Waals surface area contributed by atoms with Crippen molar-refractivity contribution in [2.45, 2.75) is 65.1 Å². The van der Waals surface area contributed by atoms with Gasteiger partial charge >= 0.3 is 0 Å². The molecule has 1 heterocycles. The summed E-state index contributed by atoms with van der Waals surface area (Å²) in [5.41, 5.74) is -0.134. The van der Waals surface area contributed by atoms with E-state index >= 15 is 0 Å². The van der Waals surface area contributed by atoms with Crippen molar-refractivity contribution in [1.29, 1.82) is 0 Å². The van der Waals surface area contributed by atoms with Gasteiger partial charge in [0.25, 0.3) is 0 Å². The molecule has 0 aromatic carbocycles. The summed E-state index contributed by atoms with van der Waals surface area (Å²) < 4.78 is 28.9. The molecule has 2 N–H and O–H groups in total. The number of ether oxygens (including phenoxy) is 1. The van der Waals surface area contributed by atoms with Crippen molar-refractivity contribution in [2.24, 2.45) is 16.3 Å². The van der Waals surface area contributed by atoms with Crippen LogP contribution in [0.2, 0.25) is 0 Å². The van der Waals surface area contributed by atoms with Crippen LogP contribution in [-0.2, 0) is 14.6 Å². The SMILES string of the molecule is COC1(C)CC(NC(=NCC2CCS(=O)(=O)C2)NC(C)C)C1(C)C.I. The van der Waals surface area contributed by atoms with Crippen molar-refractivity contribution >= 4 is 39.8 Å². The molecule has 6 nitrogen and oxygen atoms in total. The average molecular weight is 487 g/mol. The molecule has 0 aromatic heterocycles. The standard InChI is InChI=1S/C17H33N3O3S.HI/c1-12(2)19-15(18-10-13-7-8-24(21,22)11-13)20-14-9-17(5,23-6)16(14,3)4;/h12-14H,7-11H2,1-6H3,(H2,18,19,20);1H. The molecule has 0 radical (unpaired) electrons. The summed E-state index contributed by atoms with van der Waals surface area (Å²) in [5, 5.41) is 6.87. The van der Waals surface area contributed by atoms with Crippen LogP contribution in [0.4, 0.5) is 0 Å². The molecule has 8 heteroatoms. The molecule has 1 aliphatic heterocycles. The predicted molar refractivity (Wildman–Crippen MR) is 113 cm³/mol. The Morgan fingerprint density at radius 1 is 1.32 bits per heavy atom. The van der Waals surface area contributed by atoms with E-state index in [2.05, 4.69) is 50.2 Å². The number of halogens is 1. The maximum atomic E-state index is 11.6. The maximum absolute atomic E-state index is 11.6. The van der Waals surface area contributed by atoms with Gasteiger partial charge in [-0.05, 0) is 39.5 Å². The van der Waals surface area contributed by atoms with E-state index < -0.39 is 9.84 Å². The van der Waals surface area contributed by atoms with E-state index in [1.165, 1.54) is 0 Å². The minimum atomic E-state index is -2.85. The summed E-state index contributed by atoms with van der Waals surface area (Å²) in [6.07, 6.45) is 1.64. The zero-order valence-corrected chi connectivity index (χ0v) is 19.4. The van der Waals surface area contributed by atoms with Gasteiger partial charge in [-0.2, -0.15) is 0 Å². The third kappa shape index (κ3) is 5.22. The molecular formula is C17H34IN3O3S. The van der Waals surface area contributed by atoms with Gasteiger partial charge < -0.3 is 15.4 Å². The summed E-state index contributed by atoms with van der Waals surface area (Å²) in [6, 6.07) is 0.542. The summed E-state index contributed by atoms with van der Waals surface area (Å²) in [7, 11) is -1.08. The zero-order valence-electron chi connectivity index (χ0n) is 16.3. The van der Waals surface area contributed by atoms with Crippen molar-refractivity contribution in [1.82, 2.24) is 10.6 Å². The third-order valence-corrected chi connectivity index (χ3v) is 7.69. The van der Waals surface area contributed by atoms with E-state index in [0.717, 1.165) is 18.8 Å². The fraction of sp³-hybridized carbons (Fsp3) is 0.941. The van der Waals surface area contributed by atoms with Crippen LogP contribution in [0.15, 0.2) is 4.99 Å². The van der Waals surface area contributed by atoms with Crippen molar-refractivity contribution < 1.29 is 13.2 Å². The first kappa shape index (κ1) is 23.0. The van der Waals surface area contributed by atoms with Crippen molar-refractivity contribution in [3.63, 3.8) is 0 Å². The van der Waals surface area contributed by atoms with Crippen LogP contribution < -0.4 is 10.6 Å². The number of nitrogens with zero attached hydrogens (tertiary/aromatic N) is 1. The van der Waals surface area contributed by atoms with Crippen LogP contribution in [0.5, 0.6) is 0 Å². The van der Waals surface area contributed by atoms with E-state index in [4.69, 9.17) is 4.74 Å². The van der Waals surface area contributed by atoms with Gasteiger partial charge in [-0.3, -0.25) is 4.99 Å². The monoisotopic (exact) mass is 487 g/mol. The number of sulfone groups is 1. The van der Waals surface area contributed by atoms with Crippen molar-refractivity contribution in [3.8, 4) is 0 Å². The highest BCUT2D eigenvalue weighted by Crippen LogP contribution is 2.51. The molecule has 1 saturated heterocycles. The van der Waals surface area contributed by atoms with Gasteiger partial charge in [0.2, 0.25) is 0 Å². The first-order chi connectivity index (χ1) is 11.0. The van der Waals surface area contributed by atoms with Crippen molar-refractivity contribution in [2.75, 3.05) is 25.2 Å². The molecule has 3 unspecified atom stereocenters. The van der Waals surface area contributed by atoms with Crippen LogP contribution >= 0.6 is 24.0 Å². The molecule has 0 aromatic rings. The predicted octanol–water partition coefficient (Wildman–Crippen LogP) is 2.19. The Labute approximate surface area is 169 Å². The van der Waals surface area contributed by atoms with Gasteiger partial charge in [0.05, 0.1) is 17.1 Å². The Kier molecular flexibility index (Phi) is 7.61. The van der Waals surface area contributed by atoms with Gasteiger partial charge in [0.15, 0.2) is 15.8 Å². The molecule has 0 bridgehead atoms. The lowest BCUT2D eigenvalue weighted by atomic mass is 9.56. The summed E-state index contributed by atoms with van der Waals surface area (Å²) in [5.74, 6) is 1.47. The molecule has 0 amide bonds. The number of hydrogen-bond donors (Lipinski definition) is 2. The van der Waals surface area contributed by atoms with Crippen LogP contribution in [0.25, 0.3) is 0 Å². The minimum Gasteiger partial charge on any atom is -0.378 e. The van der Waals surface area contributed by atoms with Crippen molar-refractivity contribution in [3.05, 3.63) is 0 Å². The van der Waals surface area contributed by atoms with Crippen LogP contribution in [0.3, 0.4) is 0 Å². The van der Waals surface area contributed by atoms with E-state index in [9.17, 15) is 8.42 Å². The van der Waals surface area contributed by atoms with Crippen LogP contribution in [-0.4, -0.2) is 57.2 Å². The Morgan fingerprint density at radius 3 is 2.40 bits per heavy atom. The zero-order chi connectivity index (χ0) is 18.2. The third-order valence-electron chi connectivity index (χ3n) is 5.85. The number of rotatable bonds is 5. The second-order valence-corrected chi connectivity index (χ2v) is 10.5. The summed E-state index contributed by atoms with van der Waals surface area (Å²) >= 11 is 0. The largest absolute Gasteiger partial charge is 0.378 e. The van der Waals surface area contributed by atoms with E-state index in [1.807, 2.05) is 0 Å². The van der Waals surface area contributed by atoms with Crippen LogP contribution in [0, 0.1) is 11.3 Å². The lowest BCUT2D eigenvalue weighted by Gasteiger charge is -2.59. The first-order valence-corrected chi connectivity index (χ1v) is 10.6. The molecule has 2 rings (SSSR count). The summed E-state index contributed by atoms with van der Waals surface area (Å²) in [4.78, 5) is 4.66. The second kappa shape index (κ2) is 8.29. The molecule has 0 spiro atoms. The fourth-order valence-corrected chi connectivity index (χ4v) is 5.38. The highest BCUT2D eigenvalue weighted by molar-refractivity contribution is 14.0. The van der Waals surface area contributed by atoms with Gasteiger partial charge in [-0.15, -0.1) is 24.0 Å². The molecule has 148 valence electrons. The number of aliphatic imine (C=N–C) groups is 1. The Morgan fingerprint density at radius 2 is 1.96 bits per heavy atom. The fourth-order valence-electron chi connectivity index (χ4n) is 3.53. The van der Waals surface area contributed by atoms with E-state index in [0.29, 0.717) is 12.3 Å². The molecule has 1 saturated carbocycles. The van der Waals surface area contributed by atoms with Gasteiger partial charge in [0, 0.05) is 31.2 Å². The Balaban J connectivity index is 0.00000312. The molecule has 25 heavy (non-hydrogen) atoms. The van der Waals surface area contributed by atoms with Crippen LogP contribution in [0.1, 0.15) is 47.5 Å². The Bertz CT molecular complexity index is 592. The minimum absolute atomic E-state index is 0. The number of hydrogen-bond acceptors (Lipinski definition) is 4. The van der Waals surface area contributed by atoms with Gasteiger partial charge in [-0.25, -0.2) is 8.42 Å². The number of methoxy groups -OCH3 is 1. The lowest BCUT2D eigenvalue weighted by molar-refractivity contribution is -0.176. The first-order valence-electron chi connectivity index (χ1n) is 8.82. The number of nitrogens with one attached hydrogen (secondary N) is 2. The topological polar surface area (TPSA) is 79.8 Å². The lowest BCUT2D eigenvalue weighted by Crippen LogP contribution is -2.69. The molecule has 2 fully saturated rings. The number of guanidine groups is 1. The van der Waals surface area contributed by atoms with E-state index in [-0.39, 0.29) is 58.7 Å². The smallest absolute Gasteiger partial charge is 0.191 e. The quantitative estimate of drug-likeness (QED) is 0.353. The van der Waals surface area contributed by atoms with E-state index in [1.54, 1.807) is 7.11 Å². The normalized spacial score (nSPS) is 33.5. The average Bonchev–Trinajstić information content (AvgIpc) is 2.82. The van der Waals surface area contributed by atoms with Gasteiger partial charge in [-0.1, -0.05) is 13.8 Å². The maximum Gasteiger partial charge on any atom is 0.191 e. The second-order valence-electron chi connectivity index (χ2n) is 8.32.